The van der Waals surface area contributed by atoms with Crippen LogP contribution in [0.4, 0.5) is 0 Å². The van der Waals surface area contributed by atoms with E-state index in [9.17, 15) is 4.79 Å². The number of hydrogen-bond acceptors (Lipinski definition) is 2. The second kappa shape index (κ2) is 6.83. The number of unbranched alkanes of at least 4 members (excludes halogenated alkanes) is 2. The number of allylic oxidation sites excluding steroid dienone is 1. The van der Waals surface area contributed by atoms with Crippen molar-refractivity contribution in [2.24, 2.45) is 0 Å². The SMILES string of the molecule is C=CCCCCC(=O)c1ccc(OC)cc1. The first-order valence-electron chi connectivity index (χ1n) is 5.56. The Labute approximate surface area is 96.9 Å². The van der Waals surface area contributed by atoms with Gasteiger partial charge in [-0.1, -0.05) is 6.08 Å². The Kier molecular flexibility index (Phi) is 5.34. The summed E-state index contributed by atoms with van der Waals surface area (Å²) >= 11 is 0. The van der Waals surface area contributed by atoms with Gasteiger partial charge in [0.1, 0.15) is 5.75 Å². The monoisotopic (exact) mass is 218 g/mol. The summed E-state index contributed by atoms with van der Waals surface area (Å²) in [6.07, 6.45) is 5.44. The highest BCUT2D eigenvalue weighted by Crippen LogP contribution is 2.14. The van der Waals surface area contributed by atoms with E-state index in [1.54, 1.807) is 7.11 Å². The summed E-state index contributed by atoms with van der Waals surface area (Å²) in [5.74, 6) is 0.981. The molecule has 0 saturated heterocycles. The van der Waals surface area contributed by atoms with Gasteiger partial charge in [0.2, 0.25) is 0 Å². The van der Waals surface area contributed by atoms with Crippen molar-refractivity contribution in [2.75, 3.05) is 7.11 Å². The molecule has 0 aromatic heterocycles. The molecule has 1 rings (SSSR count). The number of hydrogen-bond donors (Lipinski definition) is 0. The quantitative estimate of drug-likeness (QED) is 0.397. The van der Waals surface area contributed by atoms with Crippen molar-refractivity contribution >= 4 is 5.78 Å². The minimum atomic E-state index is 0.201. The molecule has 0 fully saturated rings. The molecule has 0 N–H and O–H groups in total. The number of Topliss-reactive ketones (excluding diaryl/α,β-unsaturated/α-hetero) is 1. The largest absolute Gasteiger partial charge is 0.497 e. The molecule has 2 nitrogen and oxygen atoms in total. The molecular weight excluding hydrogens is 200 g/mol. The molecular formula is C14H18O2. The van der Waals surface area contributed by atoms with Crippen LogP contribution in [0.5, 0.6) is 5.75 Å². The van der Waals surface area contributed by atoms with Crippen LogP contribution in [0.2, 0.25) is 0 Å². The van der Waals surface area contributed by atoms with Gasteiger partial charge in [0.15, 0.2) is 5.78 Å². The second-order valence-corrected chi connectivity index (χ2v) is 3.69. The van der Waals surface area contributed by atoms with Crippen LogP contribution >= 0.6 is 0 Å². The molecule has 0 aliphatic heterocycles. The molecule has 0 saturated carbocycles. The highest BCUT2D eigenvalue weighted by Gasteiger charge is 2.04. The van der Waals surface area contributed by atoms with Gasteiger partial charge in [-0.05, 0) is 43.5 Å². The van der Waals surface area contributed by atoms with E-state index < -0.39 is 0 Å². The molecule has 0 radical (unpaired) electrons. The predicted octanol–water partition coefficient (Wildman–Crippen LogP) is 3.62. The van der Waals surface area contributed by atoms with Gasteiger partial charge in [-0.3, -0.25) is 4.79 Å². The van der Waals surface area contributed by atoms with Gasteiger partial charge in [0, 0.05) is 12.0 Å². The summed E-state index contributed by atoms with van der Waals surface area (Å²) in [6.45, 7) is 3.66. The summed E-state index contributed by atoms with van der Waals surface area (Å²) in [6, 6.07) is 7.26. The third-order valence-corrected chi connectivity index (χ3v) is 2.47. The standard InChI is InChI=1S/C14H18O2/c1-3-4-5-6-7-14(15)12-8-10-13(16-2)11-9-12/h3,8-11H,1,4-7H2,2H3. The molecule has 2 heteroatoms. The first-order chi connectivity index (χ1) is 7.77. The van der Waals surface area contributed by atoms with Gasteiger partial charge in [0.25, 0.3) is 0 Å². The first kappa shape index (κ1) is 12.5. The van der Waals surface area contributed by atoms with Crippen molar-refractivity contribution in [1.82, 2.24) is 0 Å². The van der Waals surface area contributed by atoms with Crippen LogP contribution in [0.15, 0.2) is 36.9 Å². The Morgan fingerprint density at radius 2 is 2.00 bits per heavy atom. The summed E-state index contributed by atoms with van der Waals surface area (Å²) < 4.78 is 5.04. The van der Waals surface area contributed by atoms with E-state index in [0.29, 0.717) is 6.42 Å². The number of carbonyl (C=O) groups is 1. The van der Waals surface area contributed by atoms with Crippen LogP contribution in [0.25, 0.3) is 0 Å². The fourth-order valence-corrected chi connectivity index (χ4v) is 1.50. The molecule has 0 bridgehead atoms. The van der Waals surface area contributed by atoms with Crippen molar-refractivity contribution in [3.8, 4) is 5.75 Å². The summed E-state index contributed by atoms with van der Waals surface area (Å²) in [5, 5.41) is 0. The number of ether oxygens (including phenoxy) is 1. The number of ketones is 1. The normalized spacial score (nSPS) is 9.81. The van der Waals surface area contributed by atoms with Crippen LogP contribution in [-0.4, -0.2) is 12.9 Å². The van der Waals surface area contributed by atoms with Gasteiger partial charge in [-0.15, -0.1) is 6.58 Å². The maximum Gasteiger partial charge on any atom is 0.162 e. The smallest absolute Gasteiger partial charge is 0.162 e. The Bertz CT molecular complexity index is 338. The Morgan fingerprint density at radius 1 is 1.31 bits per heavy atom. The van der Waals surface area contributed by atoms with Crippen molar-refractivity contribution < 1.29 is 9.53 Å². The molecule has 86 valence electrons. The minimum Gasteiger partial charge on any atom is -0.497 e. The van der Waals surface area contributed by atoms with Gasteiger partial charge in [-0.2, -0.15) is 0 Å². The van der Waals surface area contributed by atoms with Crippen LogP contribution in [-0.2, 0) is 0 Å². The van der Waals surface area contributed by atoms with E-state index in [1.807, 2.05) is 30.3 Å². The predicted molar refractivity (Wildman–Crippen MR) is 66.0 cm³/mol. The molecule has 0 heterocycles. The maximum atomic E-state index is 11.7. The third kappa shape index (κ3) is 3.89. The lowest BCUT2D eigenvalue weighted by Crippen LogP contribution is -1.98. The second-order valence-electron chi connectivity index (χ2n) is 3.69. The Morgan fingerprint density at radius 3 is 2.56 bits per heavy atom. The van der Waals surface area contributed by atoms with Gasteiger partial charge < -0.3 is 4.74 Å². The zero-order chi connectivity index (χ0) is 11.8. The molecule has 0 spiro atoms. The number of carbonyl (C=O) groups excluding carboxylic acids is 1. The van der Waals surface area contributed by atoms with E-state index in [2.05, 4.69) is 6.58 Å². The van der Waals surface area contributed by atoms with Gasteiger partial charge in [-0.25, -0.2) is 0 Å². The lowest BCUT2D eigenvalue weighted by atomic mass is 10.0. The van der Waals surface area contributed by atoms with E-state index >= 15 is 0 Å². The maximum absolute atomic E-state index is 11.7. The Balaban J connectivity index is 2.43. The lowest BCUT2D eigenvalue weighted by molar-refractivity contribution is 0.0979. The van der Waals surface area contributed by atoms with Crippen molar-refractivity contribution in [3.63, 3.8) is 0 Å². The minimum absolute atomic E-state index is 0.201. The summed E-state index contributed by atoms with van der Waals surface area (Å²) in [4.78, 5) is 11.7. The van der Waals surface area contributed by atoms with Gasteiger partial charge >= 0.3 is 0 Å². The van der Waals surface area contributed by atoms with E-state index in [0.717, 1.165) is 30.6 Å². The molecule has 16 heavy (non-hydrogen) atoms. The third-order valence-electron chi connectivity index (χ3n) is 2.47. The fourth-order valence-electron chi connectivity index (χ4n) is 1.50. The molecule has 1 aromatic rings. The van der Waals surface area contributed by atoms with Crippen LogP contribution in [0.3, 0.4) is 0 Å². The first-order valence-corrected chi connectivity index (χ1v) is 5.56. The molecule has 1 aromatic carbocycles. The van der Waals surface area contributed by atoms with Crippen molar-refractivity contribution in [1.29, 1.82) is 0 Å². The fraction of sp³-hybridized carbons (Fsp3) is 0.357. The van der Waals surface area contributed by atoms with Crippen molar-refractivity contribution in [3.05, 3.63) is 42.5 Å². The van der Waals surface area contributed by atoms with Crippen LogP contribution < -0.4 is 4.74 Å². The molecule has 0 unspecified atom stereocenters. The number of methoxy groups -OCH3 is 1. The van der Waals surface area contributed by atoms with Crippen molar-refractivity contribution in [2.45, 2.75) is 25.7 Å². The average molecular weight is 218 g/mol. The zero-order valence-electron chi connectivity index (χ0n) is 9.74. The number of rotatable bonds is 7. The summed E-state index contributed by atoms with van der Waals surface area (Å²) in [5.41, 5.74) is 0.763. The lowest BCUT2D eigenvalue weighted by Gasteiger charge is -2.02. The van der Waals surface area contributed by atoms with E-state index in [1.165, 1.54) is 0 Å². The van der Waals surface area contributed by atoms with E-state index in [4.69, 9.17) is 4.74 Å². The zero-order valence-corrected chi connectivity index (χ0v) is 9.74. The van der Waals surface area contributed by atoms with Gasteiger partial charge in [0.05, 0.1) is 7.11 Å². The summed E-state index contributed by atoms with van der Waals surface area (Å²) in [7, 11) is 1.62. The Hall–Kier alpha value is -1.57. The van der Waals surface area contributed by atoms with Crippen LogP contribution in [0, 0.1) is 0 Å². The van der Waals surface area contributed by atoms with E-state index in [-0.39, 0.29) is 5.78 Å². The molecule has 0 aliphatic carbocycles. The average Bonchev–Trinajstić information content (AvgIpc) is 2.34. The highest BCUT2D eigenvalue weighted by atomic mass is 16.5. The molecule has 0 atom stereocenters. The number of benzene rings is 1. The molecule has 0 amide bonds. The van der Waals surface area contributed by atoms with Crippen LogP contribution in [0.1, 0.15) is 36.0 Å². The molecule has 0 aliphatic rings. The topological polar surface area (TPSA) is 26.3 Å². The highest BCUT2D eigenvalue weighted by molar-refractivity contribution is 5.96.